The molecule has 1 aromatic carbocycles. The molecule has 25 heavy (non-hydrogen) atoms. The molecule has 6 heteroatoms. The number of anilines is 1. The van der Waals surface area contributed by atoms with Crippen molar-refractivity contribution in [3.63, 3.8) is 0 Å². The molecule has 1 heterocycles. The third kappa shape index (κ3) is 5.38. The average molecular weight is 366 g/mol. The van der Waals surface area contributed by atoms with Gasteiger partial charge in [0.25, 0.3) is 0 Å². The lowest BCUT2D eigenvalue weighted by Gasteiger charge is -2.30. The van der Waals surface area contributed by atoms with E-state index >= 15 is 0 Å². The third-order valence-electron chi connectivity index (χ3n) is 5.12. The van der Waals surface area contributed by atoms with Crippen LogP contribution in [0.1, 0.15) is 32.3 Å². The topological polar surface area (TPSA) is 78.8 Å². The van der Waals surface area contributed by atoms with Gasteiger partial charge in [-0.25, -0.2) is 0 Å². The molecular formula is C19H31NO4Si. The van der Waals surface area contributed by atoms with E-state index in [4.69, 9.17) is 4.74 Å². The van der Waals surface area contributed by atoms with Crippen LogP contribution in [0.15, 0.2) is 24.3 Å². The van der Waals surface area contributed by atoms with Crippen LogP contribution in [0.2, 0.25) is 18.6 Å². The number of benzene rings is 1. The van der Waals surface area contributed by atoms with E-state index in [-0.39, 0.29) is 30.3 Å². The Labute approximate surface area is 151 Å². The fourth-order valence-electron chi connectivity index (χ4n) is 4.07. The zero-order valence-electron chi connectivity index (χ0n) is 15.7. The number of amides is 1. The standard InChI is InChI=1S/C19H31NO4Si/c1-13-17(24-18(11-12-21)19(13)25(3,4)23)10-7-15-5-8-16(9-6-15)20-14(2)22/h5-6,8-9,13,17-19,21,23H,7,10-12H2,1-4H3,(H,20,22)/t13-,17+,18-,19+/m0/s1. The Hall–Kier alpha value is -1.21. The van der Waals surface area contributed by atoms with Gasteiger partial charge in [0, 0.05) is 24.8 Å². The average Bonchev–Trinajstić information content (AvgIpc) is 2.82. The van der Waals surface area contributed by atoms with Gasteiger partial charge in [0.1, 0.15) is 0 Å². The van der Waals surface area contributed by atoms with Crippen molar-refractivity contribution in [2.24, 2.45) is 5.92 Å². The molecule has 0 radical (unpaired) electrons. The first-order valence-corrected chi connectivity index (χ1v) is 12.1. The molecule has 2 rings (SSSR count). The van der Waals surface area contributed by atoms with E-state index in [9.17, 15) is 14.7 Å². The maximum Gasteiger partial charge on any atom is 0.221 e. The molecule has 0 aromatic heterocycles. The van der Waals surface area contributed by atoms with E-state index < -0.39 is 8.32 Å². The molecule has 3 N–H and O–H groups in total. The molecule has 140 valence electrons. The van der Waals surface area contributed by atoms with Crippen LogP contribution in [-0.4, -0.2) is 42.9 Å². The van der Waals surface area contributed by atoms with Crippen molar-refractivity contribution in [2.45, 2.75) is 64.0 Å². The third-order valence-corrected chi connectivity index (χ3v) is 7.65. The number of aliphatic hydroxyl groups is 1. The van der Waals surface area contributed by atoms with E-state index in [2.05, 4.69) is 12.2 Å². The highest BCUT2D eigenvalue weighted by Gasteiger charge is 2.49. The van der Waals surface area contributed by atoms with Crippen molar-refractivity contribution >= 4 is 19.9 Å². The molecule has 0 unspecified atom stereocenters. The fraction of sp³-hybridized carbons (Fsp3) is 0.632. The number of hydrogen-bond acceptors (Lipinski definition) is 4. The van der Waals surface area contributed by atoms with Gasteiger partial charge in [0.15, 0.2) is 8.32 Å². The summed E-state index contributed by atoms with van der Waals surface area (Å²) in [6.07, 6.45) is 2.44. The van der Waals surface area contributed by atoms with Crippen LogP contribution < -0.4 is 5.32 Å². The van der Waals surface area contributed by atoms with Gasteiger partial charge in [-0.3, -0.25) is 4.79 Å². The van der Waals surface area contributed by atoms with Crippen LogP contribution >= 0.6 is 0 Å². The van der Waals surface area contributed by atoms with Crippen LogP contribution in [0.25, 0.3) is 0 Å². The van der Waals surface area contributed by atoms with Crippen molar-refractivity contribution in [2.75, 3.05) is 11.9 Å². The zero-order chi connectivity index (χ0) is 18.6. The first-order valence-electron chi connectivity index (χ1n) is 9.07. The van der Waals surface area contributed by atoms with Crippen molar-refractivity contribution in [1.29, 1.82) is 0 Å². The lowest BCUT2D eigenvalue weighted by atomic mass is 9.95. The number of hydrogen-bond donors (Lipinski definition) is 3. The molecule has 0 saturated carbocycles. The van der Waals surface area contributed by atoms with Gasteiger partial charge in [-0.2, -0.15) is 0 Å². The summed E-state index contributed by atoms with van der Waals surface area (Å²) in [4.78, 5) is 21.7. The van der Waals surface area contributed by atoms with Gasteiger partial charge < -0.3 is 20.0 Å². The lowest BCUT2D eigenvalue weighted by Crippen LogP contribution is -2.40. The van der Waals surface area contributed by atoms with E-state index in [0.717, 1.165) is 18.5 Å². The zero-order valence-corrected chi connectivity index (χ0v) is 16.7. The molecule has 1 amide bonds. The second-order valence-corrected chi connectivity index (χ2v) is 11.7. The second kappa shape index (κ2) is 8.45. The fourth-order valence-corrected chi connectivity index (χ4v) is 6.73. The Morgan fingerprint density at radius 2 is 1.84 bits per heavy atom. The van der Waals surface area contributed by atoms with Crippen LogP contribution in [0, 0.1) is 5.92 Å². The SMILES string of the molecule is CC(=O)Nc1ccc(CC[C@H]2O[C@@H](CCO)[C@H]([Si](C)(C)O)[C@H]2C)cc1. The second-order valence-electron chi connectivity index (χ2n) is 7.68. The van der Waals surface area contributed by atoms with E-state index in [0.29, 0.717) is 12.3 Å². The molecule has 1 aliphatic heterocycles. The highest BCUT2D eigenvalue weighted by atomic mass is 28.4. The summed E-state index contributed by atoms with van der Waals surface area (Å²) in [5, 5.41) is 12.1. The molecule has 1 fully saturated rings. The summed E-state index contributed by atoms with van der Waals surface area (Å²) in [5.41, 5.74) is 2.16. The molecule has 0 spiro atoms. The summed E-state index contributed by atoms with van der Waals surface area (Å²) >= 11 is 0. The normalized spacial score (nSPS) is 26.6. The minimum atomic E-state index is -2.34. The van der Waals surface area contributed by atoms with Crippen molar-refractivity contribution in [3.8, 4) is 0 Å². The molecule has 1 saturated heterocycles. The Morgan fingerprint density at radius 1 is 1.20 bits per heavy atom. The first kappa shape index (κ1) is 20.1. The Kier molecular flexibility index (Phi) is 6.79. The summed E-state index contributed by atoms with van der Waals surface area (Å²) in [6, 6.07) is 7.88. The van der Waals surface area contributed by atoms with Gasteiger partial charge in [0.2, 0.25) is 5.91 Å². The van der Waals surface area contributed by atoms with Crippen LogP contribution in [0.4, 0.5) is 5.69 Å². The molecule has 0 aliphatic carbocycles. The maximum absolute atomic E-state index is 11.1. The number of rotatable bonds is 7. The summed E-state index contributed by atoms with van der Waals surface area (Å²) in [7, 11) is -2.34. The van der Waals surface area contributed by atoms with Gasteiger partial charge >= 0.3 is 0 Å². The summed E-state index contributed by atoms with van der Waals surface area (Å²) in [5.74, 6) is 0.222. The van der Waals surface area contributed by atoms with E-state index in [1.54, 1.807) is 0 Å². The van der Waals surface area contributed by atoms with Crippen LogP contribution in [-0.2, 0) is 16.0 Å². The predicted molar refractivity (Wildman–Crippen MR) is 102 cm³/mol. The number of nitrogens with one attached hydrogen (secondary N) is 1. The van der Waals surface area contributed by atoms with Crippen molar-refractivity contribution in [3.05, 3.63) is 29.8 Å². The number of carbonyl (C=O) groups excluding carboxylic acids is 1. The molecule has 5 nitrogen and oxygen atoms in total. The number of ether oxygens (including phenoxy) is 1. The Morgan fingerprint density at radius 3 is 2.36 bits per heavy atom. The maximum atomic E-state index is 11.1. The molecule has 4 atom stereocenters. The number of aliphatic hydroxyl groups excluding tert-OH is 1. The molecule has 0 bridgehead atoms. The number of aryl methyl sites for hydroxylation is 1. The van der Waals surface area contributed by atoms with Crippen LogP contribution in [0.3, 0.4) is 0 Å². The minimum Gasteiger partial charge on any atom is -0.432 e. The highest BCUT2D eigenvalue weighted by molar-refractivity contribution is 6.71. The molecule has 1 aromatic rings. The minimum absolute atomic E-state index is 0.0428. The molecule has 1 aliphatic rings. The van der Waals surface area contributed by atoms with Gasteiger partial charge in [-0.15, -0.1) is 0 Å². The molecular weight excluding hydrogens is 334 g/mol. The van der Waals surface area contributed by atoms with Crippen LogP contribution in [0.5, 0.6) is 0 Å². The van der Waals surface area contributed by atoms with Gasteiger partial charge in [-0.1, -0.05) is 19.1 Å². The quantitative estimate of drug-likeness (QED) is 0.649. The van der Waals surface area contributed by atoms with Gasteiger partial charge in [-0.05, 0) is 56.0 Å². The Balaban J connectivity index is 1.97. The Bertz CT molecular complexity index is 570. The summed E-state index contributed by atoms with van der Waals surface area (Å²) in [6.45, 7) is 7.68. The predicted octanol–water partition coefficient (Wildman–Crippen LogP) is 2.93. The van der Waals surface area contributed by atoms with Crippen molar-refractivity contribution in [1.82, 2.24) is 0 Å². The lowest BCUT2D eigenvalue weighted by molar-refractivity contribution is -0.114. The smallest absolute Gasteiger partial charge is 0.221 e. The largest absolute Gasteiger partial charge is 0.432 e. The highest BCUT2D eigenvalue weighted by Crippen LogP contribution is 2.45. The van der Waals surface area contributed by atoms with E-state index in [1.165, 1.54) is 12.5 Å². The van der Waals surface area contributed by atoms with Crippen molar-refractivity contribution < 1.29 is 19.4 Å². The van der Waals surface area contributed by atoms with E-state index in [1.807, 2.05) is 37.4 Å². The summed E-state index contributed by atoms with van der Waals surface area (Å²) < 4.78 is 6.21. The van der Waals surface area contributed by atoms with Gasteiger partial charge in [0.05, 0.1) is 12.2 Å². The first-order chi connectivity index (χ1) is 11.7. The monoisotopic (exact) mass is 365 g/mol. The number of carbonyl (C=O) groups is 1.